The molecule has 0 atom stereocenters. The first-order valence-corrected chi connectivity index (χ1v) is 11.5. The molecule has 4 nitrogen and oxygen atoms in total. The van der Waals surface area contributed by atoms with Gasteiger partial charge < -0.3 is 4.74 Å². The Labute approximate surface area is 189 Å². The van der Waals surface area contributed by atoms with Crippen LogP contribution < -0.4 is 4.74 Å². The summed E-state index contributed by atoms with van der Waals surface area (Å²) in [6.07, 6.45) is 0. The number of aromatic nitrogens is 3. The number of hydrogen-bond donors (Lipinski definition) is 0. The Kier molecular flexibility index (Phi) is 6.55. The summed E-state index contributed by atoms with van der Waals surface area (Å²) in [6, 6.07) is 24.8. The van der Waals surface area contributed by atoms with E-state index >= 15 is 0 Å². The van der Waals surface area contributed by atoms with Gasteiger partial charge in [-0.1, -0.05) is 63.6 Å². The first kappa shape index (κ1) is 20.7. The minimum Gasteiger partial charge on any atom is -0.494 e. The van der Waals surface area contributed by atoms with E-state index in [0.29, 0.717) is 6.61 Å². The molecule has 0 N–H and O–H groups in total. The Hall–Kier alpha value is -2.57. The number of hydrogen-bond acceptors (Lipinski definition) is 4. The van der Waals surface area contributed by atoms with Crippen molar-refractivity contribution >= 4 is 27.7 Å². The van der Waals surface area contributed by atoms with Gasteiger partial charge in [-0.05, 0) is 61.9 Å². The van der Waals surface area contributed by atoms with Crippen LogP contribution >= 0.6 is 27.7 Å². The van der Waals surface area contributed by atoms with Crippen molar-refractivity contribution in [3.8, 4) is 22.8 Å². The van der Waals surface area contributed by atoms with E-state index in [9.17, 15) is 0 Å². The first-order chi connectivity index (χ1) is 14.6. The van der Waals surface area contributed by atoms with Crippen LogP contribution in [0.2, 0.25) is 0 Å². The topological polar surface area (TPSA) is 39.9 Å². The minimum absolute atomic E-state index is 0.647. The molecule has 0 aliphatic carbocycles. The summed E-state index contributed by atoms with van der Waals surface area (Å²) in [6.45, 7) is 4.72. The molecule has 0 aliphatic heterocycles. The Bertz CT molecular complexity index is 1140. The van der Waals surface area contributed by atoms with Gasteiger partial charge in [0.2, 0.25) is 0 Å². The zero-order valence-electron chi connectivity index (χ0n) is 16.9. The van der Waals surface area contributed by atoms with E-state index in [2.05, 4.69) is 92.2 Å². The zero-order chi connectivity index (χ0) is 20.9. The van der Waals surface area contributed by atoms with Gasteiger partial charge in [-0.2, -0.15) is 0 Å². The van der Waals surface area contributed by atoms with Crippen LogP contribution in [0.1, 0.15) is 18.1 Å². The van der Waals surface area contributed by atoms with E-state index in [-0.39, 0.29) is 0 Å². The molecular formula is C24H22BrN3OS. The Morgan fingerprint density at radius 2 is 1.77 bits per heavy atom. The molecule has 4 rings (SSSR count). The first-order valence-electron chi connectivity index (χ1n) is 9.77. The lowest BCUT2D eigenvalue weighted by molar-refractivity contribution is 0.340. The third-order valence-electron chi connectivity index (χ3n) is 4.57. The number of ether oxygens (including phenoxy) is 1. The van der Waals surface area contributed by atoms with Gasteiger partial charge in [0.05, 0.1) is 6.61 Å². The average molecular weight is 480 g/mol. The van der Waals surface area contributed by atoms with Crippen molar-refractivity contribution < 1.29 is 4.74 Å². The fraction of sp³-hybridized carbons (Fsp3) is 0.167. The molecular weight excluding hydrogens is 458 g/mol. The second-order valence-corrected chi connectivity index (χ2v) is 8.71. The normalized spacial score (nSPS) is 10.9. The van der Waals surface area contributed by atoms with Crippen LogP contribution in [0.15, 0.2) is 82.4 Å². The summed E-state index contributed by atoms with van der Waals surface area (Å²) in [5, 5.41) is 9.93. The highest BCUT2D eigenvalue weighted by Crippen LogP contribution is 2.31. The Balaban J connectivity index is 1.72. The smallest absolute Gasteiger partial charge is 0.196 e. The van der Waals surface area contributed by atoms with Crippen LogP contribution in [0.3, 0.4) is 0 Å². The van der Waals surface area contributed by atoms with Gasteiger partial charge >= 0.3 is 0 Å². The minimum atomic E-state index is 0.647. The van der Waals surface area contributed by atoms with E-state index in [4.69, 9.17) is 4.74 Å². The third kappa shape index (κ3) is 4.77. The summed E-state index contributed by atoms with van der Waals surface area (Å²) in [5.74, 6) is 2.50. The molecule has 6 heteroatoms. The van der Waals surface area contributed by atoms with Gasteiger partial charge in [-0.15, -0.1) is 10.2 Å². The molecule has 0 amide bonds. The van der Waals surface area contributed by atoms with Gasteiger partial charge in [-0.25, -0.2) is 0 Å². The average Bonchev–Trinajstić information content (AvgIpc) is 3.17. The quantitative estimate of drug-likeness (QED) is 0.276. The number of nitrogens with zero attached hydrogens (tertiary/aromatic N) is 3. The second-order valence-electron chi connectivity index (χ2n) is 6.86. The highest BCUT2D eigenvalue weighted by atomic mass is 79.9. The van der Waals surface area contributed by atoms with Crippen molar-refractivity contribution in [2.75, 3.05) is 6.61 Å². The Morgan fingerprint density at radius 3 is 2.50 bits per heavy atom. The van der Waals surface area contributed by atoms with E-state index < -0.39 is 0 Å². The number of aryl methyl sites for hydroxylation is 1. The molecule has 3 aromatic carbocycles. The molecule has 0 spiro atoms. The number of benzene rings is 3. The SMILES string of the molecule is CCOc1ccc(-n2c(SCc3cccc(Br)c3)nnc2-c2cccc(C)c2)cc1. The van der Waals surface area contributed by atoms with Crippen LogP contribution in [-0.4, -0.2) is 21.4 Å². The fourth-order valence-corrected chi connectivity index (χ4v) is 4.54. The molecule has 30 heavy (non-hydrogen) atoms. The van der Waals surface area contributed by atoms with Gasteiger partial charge in [-0.3, -0.25) is 4.57 Å². The van der Waals surface area contributed by atoms with E-state index in [1.54, 1.807) is 11.8 Å². The molecule has 0 saturated heterocycles. The molecule has 0 unspecified atom stereocenters. The van der Waals surface area contributed by atoms with Gasteiger partial charge in [0.25, 0.3) is 0 Å². The Morgan fingerprint density at radius 1 is 0.967 bits per heavy atom. The lowest BCUT2D eigenvalue weighted by Crippen LogP contribution is -2.00. The lowest BCUT2D eigenvalue weighted by Gasteiger charge is -2.12. The van der Waals surface area contributed by atoms with Crippen LogP contribution in [0.4, 0.5) is 0 Å². The number of rotatable bonds is 7. The summed E-state index contributed by atoms with van der Waals surface area (Å²) in [7, 11) is 0. The second kappa shape index (κ2) is 9.49. The standard InChI is InChI=1S/C24H22BrN3OS/c1-3-29-22-12-10-21(11-13-22)28-23(19-8-4-6-17(2)14-19)26-27-24(28)30-16-18-7-5-9-20(25)15-18/h4-15H,3,16H2,1-2H3. The zero-order valence-corrected chi connectivity index (χ0v) is 19.3. The summed E-state index contributed by atoms with van der Waals surface area (Å²) < 4.78 is 8.80. The lowest BCUT2D eigenvalue weighted by atomic mass is 10.1. The summed E-state index contributed by atoms with van der Waals surface area (Å²) >= 11 is 5.22. The van der Waals surface area contributed by atoms with Crippen molar-refractivity contribution in [2.45, 2.75) is 24.8 Å². The van der Waals surface area contributed by atoms with Gasteiger partial charge in [0.15, 0.2) is 11.0 Å². The van der Waals surface area contributed by atoms with Gasteiger partial charge in [0, 0.05) is 21.5 Å². The molecule has 0 aliphatic rings. The monoisotopic (exact) mass is 479 g/mol. The molecule has 1 heterocycles. The predicted octanol–water partition coefficient (Wildman–Crippen LogP) is 6.70. The highest BCUT2D eigenvalue weighted by molar-refractivity contribution is 9.10. The predicted molar refractivity (Wildman–Crippen MR) is 126 cm³/mol. The van der Waals surface area contributed by atoms with Crippen LogP contribution in [0.25, 0.3) is 17.1 Å². The maximum atomic E-state index is 5.61. The maximum absolute atomic E-state index is 5.61. The molecule has 4 aromatic rings. The largest absolute Gasteiger partial charge is 0.494 e. The maximum Gasteiger partial charge on any atom is 0.196 e. The van der Waals surface area contributed by atoms with Crippen molar-refractivity contribution in [3.05, 3.63) is 88.4 Å². The highest BCUT2D eigenvalue weighted by Gasteiger charge is 2.16. The fourth-order valence-electron chi connectivity index (χ4n) is 3.20. The van der Waals surface area contributed by atoms with Crippen molar-refractivity contribution in [1.29, 1.82) is 0 Å². The molecule has 0 saturated carbocycles. The molecule has 0 fully saturated rings. The number of thioether (sulfide) groups is 1. The molecule has 1 aromatic heterocycles. The van der Waals surface area contributed by atoms with Crippen molar-refractivity contribution in [3.63, 3.8) is 0 Å². The molecule has 152 valence electrons. The van der Waals surface area contributed by atoms with Gasteiger partial charge in [0.1, 0.15) is 5.75 Å². The van der Waals surface area contributed by atoms with Crippen LogP contribution in [0.5, 0.6) is 5.75 Å². The van der Waals surface area contributed by atoms with Crippen LogP contribution in [-0.2, 0) is 5.75 Å². The van der Waals surface area contributed by atoms with Crippen molar-refractivity contribution in [2.24, 2.45) is 0 Å². The molecule has 0 radical (unpaired) electrons. The summed E-state index contributed by atoms with van der Waals surface area (Å²) in [4.78, 5) is 0. The van der Waals surface area contributed by atoms with E-state index in [1.807, 2.05) is 25.1 Å². The van der Waals surface area contributed by atoms with Crippen molar-refractivity contribution in [1.82, 2.24) is 14.8 Å². The van der Waals surface area contributed by atoms with Crippen LogP contribution in [0, 0.1) is 6.92 Å². The summed E-state index contributed by atoms with van der Waals surface area (Å²) in [5.41, 5.74) is 4.48. The molecule has 0 bridgehead atoms. The van der Waals surface area contributed by atoms with E-state index in [1.165, 1.54) is 11.1 Å². The third-order valence-corrected chi connectivity index (χ3v) is 6.07. The number of halogens is 1. The van der Waals surface area contributed by atoms with E-state index in [0.717, 1.165) is 38.2 Å².